The van der Waals surface area contributed by atoms with Crippen LogP contribution in [0.3, 0.4) is 0 Å². The molecule has 0 saturated heterocycles. The number of unbranched alkanes of at least 4 members (excludes halogenated alkanes) is 1. The van der Waals surface area contributed by atoms with Gasteiger partial charge in [-0.2, -0.15) is 0 Å². The molecule has 0 fully saturated rings. The van der Waals surface area contributed by atoms with Crippen LogP contribution < -0.4 is 5.32 Å². The van der Waals surface area contributed by atoms with Gasteiger partial charge in [0.1, 0.15) is 0 Å². The average molecular weight is 229 g/mol. The van der Waals surface area contributed by atoms with Gasteiger partial charge in [0.05, 0.1) is 5.60 Å². The molecule has 0 radical (unpaired) electrons. The van der Waals surface area contributed by atoms with E-state index in [-0.39, 0.29) is 0 Å². The number of hydrogen-bond donors (Lipinski definition) is 2. The number of aliphatic hydroxyl groups is 1. The molecule has 1 unspecified atom stereocenters. The van der Waals surface area contributed by atoms with Gasteiger partial charge in [-0.05, 0) is 25.7 Å². The van der Waals surface area contributed by atoms with Gasteiger partial charge in [0.15, 0.2) is 0 Å². The monoisotopic (exact) mass is 229 g/mol. The van der Waals surface area contributed by atoms with E-state index in [1.165, 1.54) is 32.1 Å². The lowest BCUT2D eigenvalue weighted by molar-refractivity contribution is 0.0292. The van der Waals surface area contributed by atoms with Crippen molar-refractivity contribution in [2.75, 3.05) is 6.54 Å². The van der Waals surface area contributed by atoms with E-state index >= 15 is 0 Å². The zero-order valence-corrected chi connectivity index (χ0v) is 11.7. The Hall–Kier alpha value is -0.0800. The summed E-state index contributed by atoms with van der Waals surface area (Å²) in [6.45, 7) is 9.33. The lowest BCUT2D eigenvalue weighted by atomic mass is 9.96. The van der Waals surface area contributed by atoms with Crippen molar-refractivity contribution in [1.29, 1.82) is 0 Å². The molecule has 0 aliphatic heterocycles. The Morgan fingerprint density at radius 1 is 1.00 bits per heavy atom. The van der Waals surface area contributed by atoms with Crippen LogP contribution in [0, 0.1) is 0 Å². The summed E-state index contributed by atoms with van der Waals surface area (Å²) in [5.74, 6) is 0. The molecule has 0 aromatic rings. The largest absolute Gasteiger partial charge is 0.389 e. The first kappa shape index (κ1) is 15.9. The van der Waals surface area contributed by atoms with E-state index in [1.54, 1.807) is 0 Å². The number of hydrogen-bond acceptors (Lipinski definition) is 2. The highest BCUT2D eigenvalue weighted by Crippen LogP contribution is 2.15. The van der Waals surface area contributed by atoms with Crippen molar-refractivity contribution >= 4 is 0 Å². The van der Waals surface area contributed by atoms with Gasteiger partial charge in [0.2, 0.25) is 0 Å². The van der Waals surface area contributed by atoms with E-state index in [0.717, 1.165) is 19.4 Å². The molecule has 1 atom stereocenters. The van der Waals surface area contributed by atoms with E-state index in [4.69, 9.17) is 0 Å². The minimum Gasteiger partial charge on any atom is -0.389 e. The summed E-state index contributed by atoms with van der Waals surface area (Å²) in [5, 5.41) is 13.8. The van der Waals surface area contributed by atoms with Gasteiger partial charge < -0.3 is 10.4 Å². The van der Waals surface area contributed by atoms with Crippen molar-refractivity contribution in [3.8, 4) is 0 Å². The number of nitrogens with one attached hydrogen (secondary N) is 1. The summed E-state index contributed by atoms with van der Waals surface area (Å²) < 4.78 is 0. The van der Waals surface area contributed by atoms with Gasteiger partial charge in [-0.3, -0.25) is 0 Å². The average Bonchev–Trinajstić information content (AvgIpc) is 2.32. The van der Waals surface area contributed by atoms with Crippen LogP contribution in [0.5, 0.6) is 0 Å². The molecule has 16 heavy (non-hydrogen) atoms. The molecule has 0 saturated carbocycles. The summed E-state index contributed by atoms with van der Waals surface area (Å²) in [6.07, 6.45) is 7.91. The van der Waals surface area contributed by atoms with Gasteiger partial charge in [-0.15, -0.1) is 0 Å². The fraction of sp³-hybridized carbons (Fsp3) is 1.00. The molecule has 0 heterocycles. The maximum atomic E-state index is 10.2. The fourth-order valence-corrected chi connectivity index (χ4v) is 1.98. The molecule has 0 aromatic heterocycles. The van der Waals surface area contributed by atoms with Gasteiger partial charge in [-0.1, -0.05) is 47.0 Å². The van der Waals surface area contributed by atoms with Crippen LogP contribution >= 0.6 is 0 Å². The van der Waals surface area contributed by atoms with Crippen LogP contribution in [-0.4, -0.2) is 23.3 Å². The first-order valence-corrected chi connectivity index (χ1v) is 7.07. The van der Waals surface area contributed by atoms with Crippen LogP contribution in [0.25, 0.3) is 0 Å². The van der Waals surface area contributed by atoms with Crippen molar-refractivity contribution in [2.24, 2.45) is 0 Å². The topological polar surface area (TPSA) is 32.3 Å². The molecule has 2 nitrogen and oxygen atoms in total. The summed E-state index contributed by atoms with van der Waals surface area (Å²) in [6, 6.07) is 0.592. The molecule has 2 N–H and O–H groups in total. The van der Waals surface area contributed by atoms with Gasteiger partial charge >= 0.3 is 0 Å². The Balaban J connectivity index is 3.98. The lowest BCUT2D eigenvalue weighted by Gasteiger charge is -2.28. The third kappa shape index (κ3) is 6.49. The van der Waals surface area contributed by atoms with Crippen molar-refractivity contribution in [2.45, 2.75) is 84.3 Å². The summed E-state index contributed by atoms with van der Waals surface area (Å²) in [7, 11) is 0. The van der Waals surface area contributed by atoms with Gasteiger partial charge in [-0.25, -0.2) is 0 Å². The second-order valence-corrected chi connectivity index (χ2v) is 4.94. The van der Waals surface area contributed by atoms with E-state index in [2.05, 4.69) is 33.0 Å². The summed E-state index contributed by atoms with van der Waals surface area (Å²) >= 11 is 0. The van der Waals surface area contributed by atoms with E-state index in [9.17, 15) is 5.11 Å². The molecule has 0 spiro atoms. The molecule has 0 aromatic carbocycles. The summed E-state index contributed by atoms with van der Waals surface area (Å²) in [5.41, 5.74) is -0.502. The van der Waals surface area contributed by atoms with Crippen molar-refractivity contribution in [3.63, 3.8) is 0 Å². The van der Waals surface area contributed by atoms with Crippen molar-refractivity contribution in [1.82, 2.24) is 5.32 Å². The zero-order chi connectivity index (χ0) is 12.4. The molecule has 0 aliphatic rings. The highest BCUT2D eigenvalue weighted by atomic mass is 16.3. The normalized spacial score (nSPS) is 14.1. The van der Waals surface area contributed by atoms with E-state index in [0.29, 0.717) is 6.04 Å². The molecule has 2 heteroatoms. The third-order valence-corrected chi connectivity index (χ3v) is 3.58. The Bertz CT molecular complexity index is 155. The Kier molecular flexibility index (Phi) is 8.96. The fourth-order valence-electron chi connectivity index (χ4n) is 1.98. The lowest BCUT2D eigenvalue weighted by Crippen LogP contribution is -2.43. The quantitative estimate of drug-likeness (QED) is 0.601. The summed E-state index contributed by atoms with van der Waals surface area (Å²) in [4.78, 5) is 0. The first-order valence-electron chi connectivity index (χ1n) is 7.07. The van der Waals surface area contributed by atoms with Crippen molar-refractivity contribution in [3.05, 3.63) is 0 Å². The van der Waals surface area contributed by atoms with Crippen LogP contribution in [0.15, 0.2) is 0 Å². The molecule has 0 bridgehead atoms. The van der Waals surface area contributed by atoms with E-state index < -0.39 is 5.60 Å². The minimum absolute atomic E-state index is 0.502. The highest BCUT2D eigenvalue weighted by molar-refractivity contribution is 4.80. The van der Waals surface area contributed by atoms with Crippen LogP contribution in [0.4, 0.5) is 0 Å². The predicted molar refractivity (Wildman–Crippen MR) is 71.8 cm³/mol. The number of rotatable bonds is 10. The second-order valence-electron chi connectivity index (χ2n) is 4.94. The highest BCUT2D eigenvalue weighted by Gasteiger charge is 2.22. The van der Waals surface area contributed by atoms with Gasteiger partial charge in [0.25, 0.3) is 0 Å². The molecule has 0 rings (SSSR count). The zero-order valence-electron chi connectivity index (χ0n) is 11.7. The second kappa shape index (κ2) is 9.00. The van der Waals surface area contributed by atoms with Crippen LogP contribution in [0.1, 0.15) is 72.6 Å². The maximum absolute atomic E-state index is 10.2. The molecule has 0 aliphatic carbocycles. The standard InChI is InChI=1S/C14H31NO/c1-5-9-11-13(10-6-2)15-12-14(16,7-3)8-4/h13,15-16H,5-12H2,1-4H3. The molecular formula is C14H31NO. The molecule has 0 amide bonds. The molecular weight excluding hydrogens is 198 g/mol. The smallest absolute Gasteiger partial charge is 0.0766 e. The SMILES string of the molecule is CCCCC(CCC)NCC(O)(CC)CC. The molecule has 98 valence electrons. The minimum atomic E-state index is -0.502. The maximum Gasteiger partial charge on any atom is 0.0766 e. The Labute approximate surface area is 102 Å². The van der Waals surface area contributed by atoms with Gasteiger partial charge in [0, 0.05) is 12.6 Å². The Morgan fingerprint density at radius 2 is 1.62 bits per heavy atom. The van der Waals surface area contributed by atoms with Crippen LogP contribution in [-0.2, 0) is 0 Å². The van der Waals surface area contributed by atoms with E-state index in [1.807, 2.05) is 0 Å². The predicted octanol–water partition coefficient (Wildman–Crippen LogP) is 3.49. The first-order chi connectivity index (χ1) is 7.61. The van der Waals surface area contributed by atoms with Crippen LogP contribution in [0.2, 0.25) is 0 Å². The van der Waals surface area contributed by atoms with Crippen molar-refractivity contribution < 1.29 is 5.11 Å². The third-order valence-electron chi connectivity index (χ3n) is 3.58. The Morgan fingerprint density at radius 3 is 2.06 bits per heavy atom.